The van der Waals surface area contributed by atoms with E-state index in [1.807, 2.05) is 0 Å². The predicted octanol–water partition coefficient (Wildman–Crippen LogP) is 4.04. The number of hydrogen-bond donors (Lipinski definition) is 1. The second kappa shape index (κ2) is 11.9. The van der Waals surface area contributed by atoms with Crippen molar-refractivity contribution in [1.82, 2.24) is 9.21 Å². The zero-order valence-corrected chi connectivity index (χ0v) is 21.3. The van der Waals surface area contributed by atoms with Crippen molar-refractivity contribution in [3.63, 3.8) is 0 Å². The lowest BCUT2D eigenvalue weighted by Crippen LogP contribution is -2.49. The summed E-state index contributed by atoms with van der Waals surface area (Å²) in [5.41, 5.74) is 2.05. The zero-order chi connectivity index (χ0) is 26.4. The first-order valence-electron chi connectivity index (χ1n) is 11.9. The molecule has 10 heteroatoms. The normalized spacial score (nSPS) is 15.1. The standard InChI is InChI=1S/C27H29F2N3O4S/c1-20(33)30-25-10-12-26(13-11-25)37(34,35)32-16-14-31(15-17-32)18-19-36-27(21-2-6-23(28)7-3-21)22-4-8-24(29)9-5-22/h2-13,27H,14-19H2,1H3,(H,30,33). The first-order chi connectivity index (χ1) is 17.7. The summed E-state index contributed by atoms with van der Waals surface area (Å²) >= 11 is 0. The largest absolute Gasteiger partial charge is 0.367 e. The average molecular weight is 530 g/mol. The molecule has 0 unspecified atom stereocenters. The van der Waals surface area contributed by atoms with E-state index in [0.29, 0.717) is 45.0 Å². The molecular weight excluding hydrogens is 500 g/mol. The summed E-state index contributed by atoms with van der Waals surface area (Å²) in [7, 11) is -3.64. The number of amides is 1. The van der Waals surface area contributed by atoms with Gasteiger partial charge in [-0.05, 0) is 59.7 Å². The van der Waals surface area contributed by atoms with Crippen LogP contribution in [0.3, 0.4) is 0 Å². The van der Waals surface area contributed by atoms with Crippen LogP contribution in [0.25, 0.3) is 0 Å². The maximum atomic E-state index is 13.4. The Kier molecular flexibility index (Phi) is 8.65. The summed E-state index contributed by atoms with van der Waals surface area (Å²) in [4.78, 5) is 13.5. The summed E-state index contributed by atoms with van der Waals surface area (Å²) in [6, 6.07) is 18.2. The molecule has 1 saturated heterocycles. The Morgan fingerprint density at radius 1 is 0.865 bits per heavy atom. The fourth-order valence-electron chi connectivity index (χ4n) is 4.22. The molecule has 1 fully saturated rings. The van der Waals surface area contributed by atoms with Crippen molar-refractivity contribution in [3.8, 4) is 0 Å². The molecule has 1 amide bonds. The summed E-state index contributed by atoms with van der Waals surface area (Å²) in [6.45, 7) is 4.11. The Hall–Kier alpha value is -3.18. The lowest BCUT2D eigenvalue weighted by molar-refractivity contribution is -0.114. The molecule has 1 N–H and O–H groups in total. The number of hydrogen-bond acceptors (Lipinski definition) is 5. The fourth-order valence-corrected chi connectivity index (χ4v) is 5.64. The van der Waals surface area contributed by atoms with Crippen molar-refractivity contribution in [2.75, 3.05) is 44.6 Å². The summed E-state index contributed by atoms with van der Waals surface area (Å²) < 4.78 is 60.5. The van der Waals surface area contributed by atoms with Crippen molar-refractivity contribution >= 4 is 21.6 Å². The van der Waals surface area contributed by atoms with Crippen LogP contribution in [0.2, 0.25) is 0 Å². The molecule has 196 valence electrons. The maximum absolute atomic E-state index is 13.4. The van der Waals surface area contributed by atoms with Crippen LogP contribution >= 0.6 is 0 Å². The molecule has 0 bridgehead atoms. The van der Waals surface area contributed by atoms with E-state index in [9.17, 15) is 22.0 Å². The molecule has 0 aliphatic carbocycles. The van der Waals surface area contributed by atoms with Crippen molar-refractivity contribution in [2.24, 2.45) is 0 Å². The first-order valence-corrected chi connectivity index (χ1v) is 13.4. The lowest BCUT2D eigenvalue weighted by atomic mass is 10.0. The van der Waals surface area contributed by atoms with Gasteiger partial charge in [0.2, 0.25) is 15.9 Å². The predicted molar refractivity (Wildman–Crippen MR) is 137 cm³/mol. The van der Waals surface area contributed by atoms with Crippen LogP contribution in [0.15, 0.2) is 77.7 Å². The molecule has 1 aliphatic heterocycles. The van der Waals surface area contributed by atoms with Gasteiger partial charge in [-0.25, -0.2) is 17.2 Å². The van der Waals surface area contributed by atoms with Gasteiger partial charge in [0.1, 0.15) is 17.7 Å². The van der Waals surface area contributed by atoms with Crippen LogP contribution in [-0.4, -0.2) is 62.9 Å². The first kappa shape index (κ1) is 26.9. The molecule has 0 radical (unpaired) electrons. The van der Waals surface area contributed by atoms with Gasteiger partial charge in [0.05, 0.1) is 11.5 Å². The van der Waals surface area contributed by atoms with Gasteiger partial charge in [-0.3, -0.25) is 9.69 Å². The number of anilines is 1. The highest BCUT2D eigenvalue weighted by molar-refractivity contribution is 7.89. The van der Waals surface area contributed by atoms with Crippen LogP contribution in [0.1, 0.15) is 24.2 Å². The molecular formula is C27H29F2N3O4S. The smallest absolute Gasteiger partial charge is 0.243 e. The van der Waals surface area contributed by atoms with E-state index in [1.165, 1.54) is 47.6 Å². The van der Waals surface area contributed by atoms with E-state index in [1.54, 1.807) is 36.4 Å². The highest BCUT2D eigenvalue weighted by Crippen LogP contribution is 2.27. The van der Waals surface area contributed by atoms with Crippen molar-refractivity contribution in [1.29, 1.82) is 0 Å². The van der Waals surface area contributed by atoms with E-state index in [0.717, 1.165) is 11.1 Å². The lowest BCUT2D eigenvalue weighted by Gasteiger charge is -2.34. The zero-order valence-electron chi connectivity index (χ0n) is 20.4. The number of benzene rings is 3. The van der Waals surface area contributed by atoms with Crippen molar-refractivity contribution in [3.05, 3.63) is 95.6 Å². The minimum absolute atomic E-state index is 0.180. The van der Waals surface area contributed by atoms with Crippen LogP contribution in [0.5, 0.6) is 0 Å². The van der Waals surface area contributed by atoms with Crippen LogP contribution in [0.4, 0.5) is 14.5 Å². The van der Waals surface area contributed by atoms with Crippen LogP contribution < -0.4 is 5.32 Å². The van der Waals surface area contributed by atoms with Crippen LogP contribution in [0, 0.1) is 11.6 Å². The molecule has 0 atom stereocenters. The van der Waals surface area contributed by atoms with Gasteiger partial charge in [0.15, 0.2) is 0 Å². The third-order valence-corrected chi connectivity index (χ3v) is 8.09. The van der Waals surface area contributed by atoms with Gasteiger partial charge in [0.25, 0.3) is 0 Å². The second-order valence-electron chi connectivity index (χ2n) is 8.81. The van der Waals surface area contributed by atoms with Gasteiger partial charge < -0.3 is 10.1 Å². The highest BCUT2D eigenvalue weighted by atomic mass is 32.2. The number of ether oxygens (including phenoxy) is 1. The molecule has 0 aromatic heterocycles. The Balaban J connectivity index is 1.32. The quantitative estimate of drug-likeness (QED) is 0.453. The topological polar surface area (TPSA) is 79.0 Å². The van der Waals surface area contributed by atoms with Gasteiger partial charge in [-0.2, -0.15) is 4.31 Å². The number of carbonyl (C=O) groups excluding carboxylic acids is 1. The Bertz CT molecular complexity index is 1250. The second-order valence-corrected chi connectivity index (χ2v) is 10.7. The van der Waals surface area contributed by atoms with Gasteiger partial charge >= 0.3 is 0 Å². The van der Waals surface area contributed by atoms with Crippen molar-refractivity contribution in [2.45, 2.75) is 17.9 Å². The minimum Gasteiger partial charge on any atom is -0.367 e. The molecule has 0 spiro atoms. The highest BCUT2D eigenvalue weighted by Gasteiger charge is 2.28. The van der Waals surface area contributed by atoms with Gasteiger partial charge in [-0.1, -0.05) is 24.3 Å². The summed E-state index contributed by atoms with van der Waals surface area (Å²) in [5, 5.41) is 2.62. The number of rotatable bonds is 9. The summed E-state index contributed by atoms with van der Waals surface area (Å²) in [6.07, 6.45) is -0.483. The monoisotopic (exact) mass is 529 g/mol. The number of nitrogens with zero attached hydrogens (tertiary/aromatic N) is 2. The fraction of sp³-hybridized carbons (Fsp3) is 0.296. The molecule has 4 rings (SSSR count). The third-order valence-electron chi connectivity index (χ3n) is 6.18. The average Bonchev–Trinajstić information content (AvgIpc) is 2.88. The van der Waals surface area contributed by atoms with E-state index < -0.39 is 16.1 Å². The SMILES string of the molecule is CC(=O)Nc1ccc(S(=O)(=O)N2CCN(CCOC(c3ccc(F)cc3)c3ccc(F)cc3)CC2)cc1. The molecule has 1 aliphatic rings. The molecule has 37 heavy (non-hydrogen) atoms. The van der Waals surface area contributed by atoms with Crippen LogP contribution in [-0.2, 0) is 19.6 Å². The Labute approximate surface area is 215 Å². The van der Waals surface area contributed by atoms with Gasteiger partial charge in [-0.15, -0.1) is 0 Å². The molecule has 7 nitrogen and oxygen atoms in total. The molecule has 0 saturated carbocycles. The summed E-state index contributed by atoms with van der Waals surface area (Å²) in [5.74, 6) is -0.923. The number of halogens is 2. The van der Waals surface area contributed by atoms with E-state index in [2.05, 4.69) is 10.2 Å². The molecule has 3 aromatic carbocycles. The number of nitrogens with one attached hydrogen (secondary N) is 1. The minimum atomic E-state index is -3.64. The molecule has 1 heterocycles. The number of piperazine rings is 1. The maximum Gasteiger partial charge on any atom is 0.243 e. The molecule has 3 aromatic rings. The number of sulfonamides is 1. The Morgan fingerprint density at radius 3 is 1.86 bits per heavy atom. The van der Waals surface area contributed by atoms with Gasteiger partial charge in [0, 0.05) is 45.3 Å². The van der Waals surface area contributed by atoms with E-state index in [-0.39, 0.29) is 22.4 Å². The Morgan fingerprint density at radius 2 is 1.38 bits per heavy atom. The third kappa shape index (κ3) is 6.98. The van der Waals surface area contributed by atoms with Crippen molar-refractivity contribution < 1.29 is 26.7 Å². The van der Waals surface area contributed by atoms with E-state index >= 15 is 0 Å². The van der Waals surface area contributed by atoms with E-state index in [4.69, 9.17) is 4.74 Å². The number of carbonyl (C=O) groups is 1.